The van der Waals surface area contributed by atoms with Crippen molar-refractivity contribution < 1.29 is 14.4 Å². The number of nitrogens with one attached hydrogen (secondary N) is 1. The molecule has 0 aliphatic carbocycles. The molecule has 0 saturated heterocycles. The lowest BCUT2D eigenvalue weighted by Gasteiger charge is -1.96. The van der Waals surface area contributed by atoms with E-state index in [-0.39, 0.29) is 5.76 Å². The molecule has 0 unspecified atom stereocenters. The maximum absolute atomic E-state index is 10.7. The molecule has 0 radical (unpaired) electrons. The summed E-state index contributed by atoms with van der Waals surface area (Å²) in [6.45, 7) is 0. The summed E-state index contributed by atoms with van der Waals surface area (Å²) in [7, 11) is 0. The summed E-state index contributed by atoms with van der Waals surface area (Å²) in [6, 6.07) is 7.09. The average molecular weight is 307 g/mol. The Kier molecular flexibility index (Phi) is 2.45. The number of fused-ring (bicyclic) bond motifs is 1. The van der Waals surface area contributed by atoms with Crippen LogP contribution >= 0.6 is 15.9 Å². The number of halogens is 1. The fraction of sp³-hybridized carbons (Fsp3) is 0. The summed E-state index contributed by atoms with van der Waals surface area (Å²) in [5, 5.41) is 13.6. The van der Waals surface area contributed by atoms with Gasteiger partial charge in [0, 0.05) is 33.2 Å². The van der Waals surface area contributed by atoms with Crippen molar-refractivity contribution >= 4 is 32.8 Å². The summed E-state index contributed by atoms with van der Waals surface area (Å²) in [4.78, 5) is 13.8. The van der Waals surface area contributed by atoms with Gasteiger partial charge in [-0.1, -0.05) is 17.3 Å². The maximum Gasteiger partial charge on any atom is 0.374 e. The summed E-state index contributed by atoms with van der Waals surface area (Å²) in [5.74, 6) is -1.30. The molecule has 3 rings (SSSR count). The van der Waals surface area contributed by atoms with Crippen molar-refractivity contribution in [1.82, 2.24) is 10.1 Å². The molecule has 2 aromatic heterocycles. The fourth-order valence-corrected chi connectivity index (χ4v) is 2.22. The number of carboxylic acid groups (broad SMARTS) is 1. The molecule has 90 valence electrons. The van der Waals surface area contributed by atoms with Gasteiger partial charge in [0.15, 0.2) is 0 Å². The fourth-order valence-electron chi connectivity index (χ4n) is 1.76. The lowest BCUT2D eigenvalue weighted by Crippen LogP contribution is -1.91. The molecule has 0 spiro atoms. The predicted octanol–water partition coefficient (Wildman–Crippen LogP) is 3.28. The minimum Gasteiger partial charge on any atom is -0.475 e. The highest BCUT2D eigenvalue weighted by atomic mass is 79.9. The summed E-state index contributed by atoms with van der Waals surface area (Å²) >= 11 is 3.43. The second kappa shape index (κ2) is 3.99. The predicted molar refractivity (Wildman–Crippen MR) is 68.5 cm³/mol. The van der Waals surface area contributed by atoms with E-state index in [4.69, 9.17) is 9.63 Å². The van der Waals surface area contributed by atoms with Gasteiger partial charge in [-0.25, -0.2) is 4.79 Å². The smallest absolute Gasteiger partial charge is 0.374 e. The quantitative estimate of drug-likeness (QED) is 0.761. The number of H-pyrrole nitrogens is 1. The third kappa shape index (κ3) is 1.70. The molecular weight excluding hydrogens is 300 g/mol. The number of aromatic carboxylic acids is 1. The molecule has 0 amide bonds. The molecule has 6 heteroatoms. The Bertz CT molecular complexity index is 745. The van der Waals surface area contributed by atoms with E-state index in [0.29, 0.717) is 5.69 Å². The van der Waals surface area contributed by atoms with E-state index in [2.05, 4.69) is 26.1 Å². The lowest BCUT2D eigenvalue weighted by atomic mass is 10.1. The Balaban J connectivity index is 2.10. The molecule has 2 N–H and O–H groups in total. The Morgan fingerprint density at radius 2 is 2.22 bits per heavy atom. The SMILES string of the molecule is O=C(O)c1cc(-c2ccc3c(Br)c[nH]c3c2)no1. The third-order valence-corrected chi connectivity index (χ3v) is 3.30. The zero-order valence-corrected chi connectivity index (χ0v) is 10.6. The van der Waals surface area contributed by atoms with E-state index in [1.807, 2.05) is 24.4 Å². The number of hydrogen-bond acceptors (Lipinski definition) is 3. The van der Waals surface area contributed by atoms with Crippen molar-refractivity contribution in [3.8, 4) is 11.3 Å². The van der Waals surface area contributed by atoms with Crippen molar-refractivity contribution in [2.24, 2.45) is 0 Å². The number of nitrogens with zero attached hydrogens (tertiary/aromatic N) is 1. The highest BCUT2D eigenvalue weighted by molar-refractivity contribution is 9.10. The van der Waals surface area contributed by atoms with Gasteiger partial charge < -0.3 is 14.6 Å². The minimum atomic E-state index is -1.13. The molecule has 0 aliphatic heterocycles. The number of rotatable bonds is 2. The van der Waals surface area contributed by atoms with Crippen molar-refractivity contribution in [2.75, 3.05) is 0 Å². The highest BCUT2D eigenvalue weighted by Crippen LogP contribution is 2.28. The molecule has 18 heavy (non-hydrogen) atoms. The zero-order chi connectivity index (χ0) is 12.7. The first-order chi connectivity index (χ1) is 8.65. The average Bonchev–Trinajstić information content (AvgIpc) is 2.96. The largest absolute Gasteiger partial charge is 0.475 e. The first kappa shape index (κ1) is 11.0. The van der Waals surface area contributed by atoms with Gasteiger partial charge in [0.05, 0.1) is 0 Å². The van der Waals surface area contributed by atoms with Crippen LogP contribution in [0, 0.1) is 0 Å². The Hall–Kier alpha value is -2.08. The van der Waals surface area contributed by atoms with Crippen LogP contribution < -0.4 is 0 Å². The van der Waals surface area contributed by atoms with E-state index in [1.165, 1.54) is 6.07 Å². The van der Waals surface area contributed by atoms with Gasteiger partial charge in [-0.2, -0.15) is 0 Å². The molecule has 1 aromatic carbocycles. The first-order valence-electron chi connectivity index (χ1n) is 5.12. The standard InChI is InChI=1S/C12H7BrN2O3/c13-8-5-14-10-3-6(1-2-7(8)10)9-4-11(12(16)17)18-15-9/h1-5,14H,(H,16,17). The van der Waals surface area contributed by atoms with E-state index >= 15 is 0 Å². The minimum absolute atomic E-state index is 0.169. The molecular formula is C12H7BrN2O3. The van der Waals surface area contributed by atoms with Gasteiger partial charge in [-0.15, -0.1) is 0 Å². The second-order valence-corrected chi connectivity index (χ2v) is 4.63. The monoisotopic (exact) mass is 306 g/mol. The van der Waals surface area contributed by atoms with E-state index in [0.717, 1.165) is 20.9 Å². The molecule has 0 aliphatic rings. The van der Waals surface area contributed by atoms with Crippen molar-refractivity contribution in [2.45, 2.75) is 0 Å². The Morgan fingerprint density at radius 1 is 1.39 bits per heavy atom. The van der Waals surface area contributed by atoms with Crippen LogP contribution in [-0.4, -0.2) is 21.2 Å². The summed E-state index contributed by atoms with van der Waals surface area (Å²) in [6.07, 6.45) is 1.85. The normalized spacial score (nSPS) is 10.9. The number of aromatic amines is 1. The summed E-state index contributed by atoms with van der Waals surface area (Å²) in [5.41, 5.74) is 2.24. The topological polar surface area (TPSA) is 79.1 Å². The lowest BCUT2D eigenvalue weighted by molar-refractivity contribution is 0.0652. The van der Waals surface area contributed by atoms with Crippen LogP contribution in [0.3, 0.4) is 0 Å². The van der Waals surface area contributed by atoms with Gasteiger partial charge in [-0.05, 0) is 22.0 Å². The Morgan fingerprint density at radius 3 is 2.94 bits per heavy atom. The number of hydrogen-bond donors (Lipinski definition) is 2. The molecule has 0 bridgehead atoms. The maximum atomic E-state index is 10.7. The van der Waals surface area contributed by atoms with Crippen molar-refractivity contribution in [1.29, 1.82) is 0 Å². The Labute approximate surface area is 110 Å². The van der Waals surface area contributed by atoms with Gasteiger partial charge in [0.25, 0.3) is 0 Å². The van der Waals surface area contributed by atoms with Gasteiger partial charge in [-0.3, -0.25) is 0 Å². The third-order valence-electron chi connectivity index (χ3n) is 2.65. The van der Waals surface area contributed by atoms with Gasteiger partial charge in [0.2, 0.25) is 5.76 Å². The first-order valence-corrected chi connectivity index (χ1v) is 5.91. The van der Waals surface area contributed by atoms with Crippen LogP contribution in [0.15, 0.2) is 39.5 Å². The second-order valence-electron chi connectivity index (χ2n) is 3.78. The number of carbonyl (C=O) groups is 1. The van der Waals surface area contributed by atoms with Crippen LogP contribution in [0.2, 0.25) is 0 Å². The number of aromatic nitrogens is 2. The highest BCUT2D eigenvalue weighted by Gasteiger charge is 2.13. The zero-order valence-electron chi connectivity index (χ0n) is 8.98. The van der Waals surface area contributed by atoms with Crippen LogP contribution in [0.5, 0.6) is 0 Å². The van der Waals surface area contributed by atoms with Gasteiger partial charge >= 0.3 is 5.97 Å². The van der Waals surface area contributed by atoms with E-state index < -0.39 is 5.97 Å². The number of carboxylic acids is 1. The molecule has 3 aromatic rings. The van der Waals surface area contributed by atoms with Crippen LogP contribution in [-0.2, 0) is 0 Å². The van der Waals surface area contributed by atoms with Crippen LogP contribution in [0.1, 0.15) is 10.6 Å². The molecule has 0 atom stereocenters. The van der Waals surface area contributed by atoms with E-state index in [1.54, 1.807) is 0 Å². The molecule has 2 heterocycles. The van der Waals surface area contributed by atoms with Gasteiger partial charge in [0.1, 0.15) is 5.69 Å². The number of benzene rings is 1. The molecule has 0 fully saturated rings. The summed E-state index contributed by atoms with van der Waals surface area (Å²) < 4.78 is 5.71. The van der Waals surface area contributed by atoms with Crippen LogP contribution in [0.25, 0.3) is 22.2 Å². The van der Waals surface area contributed by atoms with Crippen molar-refractivity contribution in [3.63, 3.8) is 0 Å². The van der Waals surface area contributed by atoms with E-state index in [9.17, 15) is 4.79 Å². The van der Waals surface area contributed by atoms with Crippen molar-refractivity contribution in [3.05, 3.63) is 40.7 Å². The molecule has 5 nitrogen and oxygen atoms in total. The molecule has 0 saturated carbocycles. The van der Waals surface area contributed by atoms with Crippen LogP contribution in [0.4, 0.5) is 0 Å².